The summed E-state index contributed by atoms with van der Waals surface area (Å²) in [4.78, 5) is 4.99. The average molecular weight is 351 g/mol. The van der Waals surface area contributed by atoms with Crippen molar-refractivity contribution in [3.05, 3.63) is 53.1 Å². The summed E-state index contributed by atoms with van der Waals surface area (Å²) in [7, 11) is 0. The minimum atomic E-state index is -0.366. The van der Waals surface area contributed by atoms with Gasteiger partial charge in [-0.05, 0) is 56.0 Å². The van der Waals surface area contributed by atoms with Crippen molar-refractivity contribution in [1.82, 2.24) is 4.98 Å². The van der Waals surface area contributed by atoms with E-state index in [-0.39, 0.29) is 5.60 Å². The molecule has 5 rings (SSSR count). The van der Waals surface area contributed by atoms with E-state index in [1.807, 2.05) is 36.4 Å². The lowest BCUT2D eigenvalue weighted by atomic mass is 9.75. The second kappa shape index (κ2) is 5.37. The first kappa shape index (κ1) is 15.0. The number of rotatable bonds is 0. The third-order valence-electron chi connectivity index (χ3n) is 5.55. The van der Waals surface area contributed by atoms with E-state index in [0.717, 1.165) is 64.8 Å². The third-order valence-corrected chi connectivity index (χ3v) is 5.79. The van der Waals surface area contributed by atoms with Crippen molar-refractivity contribution in [2.45, 2.75) is 37.7 Å². The molecule has 4 heteroatoms. The summed E-state index contributed by atoms with van der Waals surface area (Å²) in [5.41, 5.74) is 11.0. The molecule has 126 valence electrons. The highest BCUT2D eigenvalue weighted by atomic mass is 35.5. The predicted octanol–water partition coefficient (Wildman–Crippen LogP) is 5.69. The molecule has 0 amide bonds. The number of fused-ring (bicyclic) bond motifs is 5. The largest absolute Gasteiger partial charge is 0.482 e. The Morgan fingerprint density at radius 1 is 1.04 bits per heavy atom. The Kier molecular flexibility index (Phi) is 3.23. The molecular formula is C21H19ClN2O. The molecule has 1 saturated carbocycles. The van der Waals surface area contributed by atoms with Crippen molar-refractivity contribution in [3.8, 4) is 17.0 Å². The van der Waals surface area contributed by atoms with Crippen LogP contribution in [-0.2, 0) is 5.60 Å². The molecule has 1 fully saturated rings. The average Bonchev–Trinajstić information content (AvgIpc) is 2.63. The molecule has 0 radical (unpaired) electrons. The molecule has 1 aromatic heterocycles. The topological polar surface area (TPSA) is 48.1 Å². The summed E-state index contributed by atoms with van der Waals surface area (Å²) in [6.45, 7) is 0. The van der Waals surface area contributed by atoms with E-state index in [1.165, 1.54) is 6.42 Å². The van der Waals surface area contributed by atoms with Gasteiger partial charge in [0.1, 0.15) is 11.4 Å². The highest BCUT2D eigenvalue weighted by molar-refractivity contribution is 6.31. The van der Waals surface area contributed by atoms with E-state index in [2.05, 4.69) is 6.07 Å². The highest BCUT2D eigenvalue weighted by Gasteiger charge is 2.44. The summed E-state index contributed by atoms with van der Waals surface area (Å²) in [5.74, 6) is 0.914. The molecule has 3 aromatic rings. The van der Waals surface area contributed by atoms with Gasteiger partial charge in [-0.2, -0.15) is 0 Å². The van der Waals surface area contributed by atoms with E-state index in [4.69, 9.17) is 27.1 Å². The van der Waals surface area contributed by atoms with Gasteiger partial charge in [0.15, 0.2) is 0 Å². The van der Waals surface area contributed by atoms with Crippen LogP contribution in [0, 0.1) is 0 Å². The van der Waals surface area contributed by atoms with Crippen LogP contribution in [0.3, 0.4) is 0 Å². The standard InChI is InChI=1S/C21H19ClN2O/c22-13-8-9-16-15(12-13)19(23)18-20(24-16)14-6-2-3-7-17(14)25-21(18)10-4-1-5-11-21/h2-3,6-9,12H,1,4-5,10-11H2,(H2,23,24). The minimum Gasteiger partial charge on any atom is -0.482 e. The summed E-state index contributed by atoms with van der Waals surface area (Å²) in [5, 5.41) is 1.59. The van der Waals surface area contributed by atoms with Gasteiger partial charge in [-0.25, -0.2) is 4.98 Å². The van der Waals surface area contributed by atoms with Crippen molar-refractivity contribution in [1.29, 1.82) is 0 Å². The number of halogens is 1. The summed E-state index contributed by atoms with van der Waals surface area (Å²) in [6.07, 6.45) is 5.50. The van der Waals surface area contributed by atoms with Crippen LogP contribution in [0.4, 0.5) is 5.69 Å². The molecule has 1 aliphatic carbocycles. The molecule has 0 atom stereocenters. The van der Waals surface area contributed by atoms with Crippen LogP contribution in [0.5, 0.6) is 5.75 Å². The Balaban J connectivity index is 1.89. The van der Waals surface area contributed by atoms with Crippen LogP contribution >= 0.6 is 11.6 Å². The van der Waals surface area contributed by atoms with E-state index in [1.54, 1.807) is 0 Å². The number of hydrogen-bond acceptors (Lipinski definition) is 3. The Hall–Kier alpha value is -2.26. The summed E-state index contributed by atoms with van der Waals surface area (Å²) >= 11 is 6.22. The SMILES string of the molecule is Nc1c2c(nc3ccc(Cl)cc13)-c1ccccc1OC21CCCCC1. The van der Waals surface area contributed by atoms with Gasteiger partial charge in [-0.15, -0.1) is 0 Å². The molecule has 2 aromatic carbocycles. The first-order valence-corrected chi connectivity index (χ1v) is 9.23. The van der Waals surface area contributed by atoms with Crippen molar-refractivity contribution in [3.63, 3.8) is 0 Å². The van der Waals surface area contributed by atoms with Crippen molar-refractivity contribution in [2.24, 2.45) is 0 Å². The third kappa shape index (κ3) is 2.15. The van der Waals surface area contributed by atoms with Crippen molar-refractivity contribution >= 4 is 28.2 Å². The molecule has 1 spiro atoms. The summed E-state index contributed by atoms with van der Waals surface area (Å²) in [6, 6.07) is 13.9. The second-order valence-electron chi connectivity index (χ2n) is 7.06. The molecule has 3 nitrogen and oxygen atoms in total. The zero-order valence-electron chi connectivity index (χ0n) is 13.9. The second-order valence-corrected chi connectivity index (χ2v) is 7.50. The molecule has 2 aliphatic rings. The van der Waals surface area contributed by atoms with Crippen LogP contribution in [-0.4, -0.2) is 4.98 Å². The number of anilines is 1. The zero-order valence-corrected chi connectivity index (χ0v) is 14.6. The fourth-order valence-corrected chi connectivity index (χ4v) is 4.58. The molecule has 0 bridgehead atoms. The normalized spacial score (nSPS) is 17.8. The van der Waals surface area contributed by atoms with Gasteiger partial charge in [-0.3, -0.25) is 0 Å². The van der Waals surface area contributed by atoms with Gasteiger partial charge in [0.05, 0.1) is 16.9 Å². The maximum absolute atomic E-state index is 6.69. The van der Waals surface area contributed by atoms with Crippen LogP contribution in [0.1, 0.15) is 37.7 Å². The van der Waals surface area contributed by atoms with Crippen LogP contribution < -0.4 is 10.5 Å². The molecule has 1 aliphatic heterocycles. The maximum Gasteiger partial charge on any atom is 0.138 e. The van der Waals surface area contributed by atoms with Gasteiger partial charge >= 0.3 is 0 Å². The summed E-state index contributed by atoms with van der Waals surface area (Å²) < 4.78 is 6.59. The fourth-order valence-electron chi connectivity index (χ4n) is 4.40. The van der Waals surface area contributed by atoms with Crippen molar-refractivity contribution < 1.29 is 4.74 Å². The van der Waals surface area contributed by atoms with Crippen LogP contribution in [0.25, 0.3) is 22.2 Å². The monoisotopic (exact) mass is 350 g/mol. The predicted molar refractivity (Wildman–Crippen MR) is 102 cm³/mol. The number of hydrogen-bond donors (Lipinski definition) is 1. The lowest BCUT2D eigenvalue weighted by molar-refractivity contribution is 0.0244. The lowest BCUT2D eigenvalue weighted by Gasteiger charge is -2.43. The number of nitrogens with two attached hydrogens (primary N) is 1. The molecule has 2 heterocycles. The van der Waals surface area contributed by atoms with Gasteiger partial charge in [-0.1, -0.05) is 30.2 Å². The van der Waals surface area contributed by atoms with Gasteiger partial charge in [0, 0.05) is 21.5 Å². The maximum atomic E-state index is 6.69. The van der Waals surface area contributed by atoms with E-state index in [9.17, 15) is 0 Å². The molecule has 2 N–H and O–H groups in total. The van der Waals surface area contributed by atoms with E-state index >= 15 is 0 Å². The highest BCUT2D eigenvalue weighted by Crippen LogP contribution is 2.53. The van der Waals surface area contributed by atoms with Crippen LogP contribution in [0.15, 0.2) is 42.5 Å². The number of aromatic nitrogens is 1. The molecule has 25 heavy (non-hydrogen) atoms. The zero-order chi connectivity index (χ0) is 17.0. The molecule has 0 unspecified atom stereocenters. The smallest absolute Gasteiger partial charge is 0.138 e. The van der Waals surface area contributed by atoms with Crippen LogP contribution in [0.2, 0.25) is 5.02 Å². The first-order valence-electron chi connectivity index (χ1n) is 8.86. The number of nitrogen functional groups attached to an aromatic ring is 1. The van der Waals surface area contributed by atoms with Gasteiger partial charge in [0.2, 0.25) is 0 Å². The number of benzene rings is 2. The van der Waals surface area contributed by atoms with Crippen molar-refractivity contribution in [2.75, 3.05) is 5.73 Å². The Morgan fingerprint density at radius 2 is 1.84 bits per heavy atom. The number of nitrogens with zero attached hydrogens (tertiary/aromatic N) is 1. The molecular weight excluding hydrogens is 332 g/mol. The number of pyridine rings is 1. The number of ether oxygens (including phenoxy) is 1. The van der Waals surface area contributed by atoms with E-state index in [0.29, 0.717) is 5.02 Å². The van der Waals surface area contributed by atoms with E-state index < -0.39 is 0 Å². The molecule has 0 saturated heterocycles. The quantitative estimate of drug-likeness (QED) is 0.566. The Bertz CT molecular complexity index is 993. The Morgan fingerprint density at radius 3 is 2.68 bits per heavy atom. The fraction of sp³-hybridized carbons (Fsp3) is 0.286. The number of para-hydroxylation sites is 1. The first-order chi connectivity index (χ1) is 12.2. The lowest BCUT2D eigenvalue weighted by Crippen LogP contribution is -2.39. The minimum absolute atomic E-state index is 0.366. The van der Waals surface area contributed by atoms with Gasteiger partial charge in [0.25, 0.3) is 0 Å². The van der Waals surface area contributed by atoms with Gasteiger partial charge < -0.3 is 10.5 Å². The Labute approximate surface area is 151 Å².